The fourth-order valence-electron chi connectivity index (χ4n) is 3.22. The van der Waals surface area contributed by atoms with Gasteiger partial charge < -0.3 is 20.7 Å². The van der Waals surface area contributed by atoms with Crippen molar-refractivity contribution in [3.05, 3.63) is 33.8 Å². The summed E-state index contributed by atoms with van der Waals surface area (Å²) >= 11 is 12.0. The smallest absolute Gasteiger partial charge is 0.314 e. The number of hydrogen-bond acceptors (Lipinski definition) is 3. The Morgan fingerprint density at radius 3 is 2.30 bits per heavy atom. The zero-order chi connectivity index (χ0) is 19.6. The number of rotatable bonds is 8. The molecule has 0 aliphatic heterocycles. The predicted molar refractivity (Wildman–Crippen MR) is 108 cm³/mol. The van der Waals surface area contributed by atoms with Crippen molar-refractivity contribution in [1.82, 2.24) is 16.0 Å². The van der Waals surface area contributed by atoms with Crippen molar-refractivity contribution in [1.29, 1.82) is 0 Å². The average Bonchev–Trinajstić information content (AvgIpc) is 2.67. The second kappa shape index (κ2) is 11.4. The molecule has 1 aromatic carbocycles. The number of carbonyl (C=O) groups is 2. The minimum absolute atomic E-state index is 0.153. The van der Waals surface area contributed by atoms with Crippen molar-refractivity contribution in [2.45, 2.75) is 25.7 Å². The molecule has 0 unspecified atom stereocenters. The number of nitrogens with one attached hydrogen (secondary N) is 3. The summed E-state index contributed by atoms with van der Waals surface area (Å²) in [7, 11) is 1.60. The molecule has 6 nitrogen and oxygen atoms in total. The van der Waals surface area contributed by atoms with E-state index in [2.05, 4.69) is 16.0 Å². The van der Waals surface area contributed by atoms with Gasteiger partial charge in [0.2, 0.25) is 0 Å². The minimum atomic E-state index is -0.195. The van der Waals surface area contributed by atoms with E-state index in [4.69, 9.17) is 27.9 Å². The van der Waals surface area contributed by atoms with E-state index in [1.807, 2.05) is 0 Å². The number of amides is 3. The monoisotopic (exact) mass is 415 g/mol. The van der Waals surface area contributed by atoms with Gasteiger partial charge in [-0.3, -0.25) is 4.79 Å². The first-order valence-corrected chi connectivity index (χ1v) is 9.99. The molecule has 8 heteroatoms. The number of halogens is 2. The van der Waals surface area contributed by atoms with Crippen molar-refractivity contribution in [2.24, 2.45) is 11.8 Å². The van der Waals surface area contributed by atoms with Gasteiger partial charge in [0, 0.05) is 26.7 Å². The molecule has 0 saturated heterocycles. The third-order valence-electron chi connectivity index (χ3n) is 4.86. The third-order valence-corrected chi connectivity index (χ3v) is 5.68. The molecule has 0 bridgehead atoms. The highest BCUT2D eigenvalue weighted by Gasteiger charge is 2.22. The van der Waals surface area contributed by atoms with Gasteiger partial charge in [-0.25, -0.2) is 4.79 Å². The molecule has 3 N–H and O–H groups in total. The Kier molecular flexibility index (Phi) is 9.18. The quantitative estimate of drug-likeness (QED) is 0.568. The summed E-state index contributed by atoms with van der Waals surface area (Å²) in [5, 5.41) is 9.28. The molecule has 1 aliphatic rings. The van der Waals surface area contributed by atoms with Crippen LogP contribution in [0.2, 0.25) is 10.0 Å². The highest BCUT2D eigenvalue weighted by Crippen LogP contribution is 2.28. The van der Waals surface area contributed by atoms with Gasteiger partial charge in [-0.05, 0) is 49.7 Å². The molecule has 3 amide bonds. The number of carbonyl (C=O) groups excluding carboxylic acids is 2. The standard InChI is InChI=1S/C19H27Cl2N3O3/c1-27-10-9-22-19(26)24-12-14-7-5-13(6-8-14)11-23-18(25)15-3-2-4-16(20)17(15)21/h2-4,13-14H,5-12H2,1H3,(H,23,25)(H2,22,24,26). The van der Waals surface area contributed by atoms with Crippen LogP contribution in [0.4, 0.5) is 4.79 Å². The van der Waals surface area contributed by atoms with Gasteiger partial charge in [0.1, 0.15) is 0 Å². The first kappa shape index (κ1) is 21.8. The molecule has 0 atom stereocenters. The fraction of sp³-hybridized carbons (Fsp3) is 0.579. The van der Waals surface area contributed by atoms with Crippen molar-refractivity contribution < 1.29 is 14.3 Å². The Bertz CT molecular complexity index is 635. The van der Waals surface area contributed by atoms with Gasteiger partial charge in [0.25, 0.3) is 5.91 Å². The number of methoxy groups -OCH3 is 1. The summed E-state index contributed by atoms with van der Waals surface area (Å²) in [4.78, 5) is 23.9. The maximum Gasteiger partial charge on any atom is 0.314 e. The van der Waals surface area contributed by atoms with Gasteiger partial charge in [-0.1, -0.05) is 29.3 Å². The van der Waals surface area contributed by atoms with Crippen LogP contribution >= 0.6 is 23.2 Å². The van der Waals surface area contributed by atoms with Gasteiger partial charge in [0.05, 0.1) is 22.2 Å². The van der Waals surface area contributed by atoms with Crippen LogP contribution in [-0.2, 0) is 4.74 Å². The van der Waals surface area contributed by atoms with E-state index in [0.29, 0.717) is 48.7 Å². The summed E-state index contributed by atoms with van der Waals surface area (Å²) in [6.07, 6.45) is 4.13. The molecule has 0 radical (unpaired) electrons. The summed E-state index contributed by atoms with van der Waals surface area (Å²) in [5.74, 6) is 0.727. The molecule has 1 saturated carbocycles. The normalized spacial score (nSPS) is 19.4. The largest absolute Gasteiger partial charge is 0.383 e. The van der Waals surface area contributed by atoms with Crippen LogP contribution in [0.15, 0.2) is 18.2 Å². The SMILES string of the molecule is COCCNC(=O)NCC1CCC(CNC(=O)c2cccc(Cl)c2Cl)CC1. The zero-order valence-electron chi connectivity index (χ0n) is 15.5. The van der Waals surface area contributed by atoms with Gasteiger partial charge in [0.15, 0.2) is 0 Å². The molecule has 150 valence electrons. The molecule has 0 heterocycles. The van der Waals surface area contributed by atoms with Gasteiger partial charge in [-0.15, -0.1) is 0 Å². The Morgan fingerprint density at radius 1 is 1.04 bits per heavy atom. The molecule has 0 spiro atoms. The van der Waals surface area contributed by atoms with E-state index in [-0.39, 0.29) is 17.0 Å². The Hall–Kier alpha value is -1.50. The van der Waals surface area contributed by atoms with Crippen LogP contribution in [0, 0.1) is 11.8 Å². The Morgan fingerprint density at radius 2 is 1.67 bits per heavy atom. The lowest BCUT2D eigenvalue weighted by molar-refractivity contribution is 0.0941. The van der Waals surface area contributed by atoms with E-state index in [9.17, 15) is 9.59 Å². The lowest BCUT2D eigenvalue weighted by Crippen LogP contribution is -2.40. The second-order valence-electron chi connectivity index (χ2n) is 6.83. The van der Waals surface area contributed by atoms with Crippen LogP contribution in [0.25, 0.3) is 0 Å². The van der Waals surface area contributed by atoms with E-state index < -0.39 is 0 Å². The summed E-state index contributed by atoms with van der Waals surface area (Å²) in [6, 6.07) is 4.89. The molecular weight excluding hydrogens is 389 g/mol. The average molecular weight is 416 g/mol. The highest BCUT2D eigenvalue weighted by atomic mass is 35.5. The first-order valence-electron chi connectivity index (χ1n) is 9.24. The molecule has 1 aliphatic carbocycles. The predicted octanol–water partition coefficient (Wildman–Crippen LogP) is 3.48. The van der Waals surface area contributed by atoms with Crippen LogP contribution < -0.4 is 16.0 Å². The summed E-state index contributed by atoms with van der Waals surface area (Å²) < 4.78 is 4.89. The molecule has 1 fully saturated rings. The molecule has 27 heavy (non-hydrogen) atoms. The van der Waals surface area contributed by atoms with E-state index >= 15 is 0 Å². The molecule has 0 aromatic heterocycles. The molecule has 1 aromatic rings. The second-order valence-corrected chi connectivity index (χ2v) is 7.61. The maximum atomic E-state index is 12.3. The van der Waals surface area contributed by atoms with Crippen molar-refractivity contribution in [2.75, 3.05) is 33.4 Å². The summed E-state index contributed by atoms with van der Waals surface area (Å²) in [6.45, 7) is 2.31. The zero-order valence-corrected chi connectivity index (χ0v) is 17.0. The Labute approximate surface area is 170 Å². The Balaban J connectivity index is 1.65. The van der Waals surface area contributed by atoms with Crippen molar-refractivity contribution in [3.63, 3.8) is 0 Å². The van der Waals surface area contributed by atoms with E-state index in [1.165, 1.54) is 0 Å². The first-order chi connectivity index (χ1) is 13.0. The van der Waals surface area contributed by atoms with Gasteiger partial charge in [-0.2, -0.15) is 0 Å². The van der Waals surface area contributed by atoms with E-state index in [1.54, 1.807) is 25.3 Å². The lowest BCUT2D eigenvalue weighted by Gasteiger charge is -2.28. The van der Waals surface area contributed by atoms with Crippen LogP contribution in [0.5, 0.6) is 0 Å². The van der Waals surface area contributed by atoms with Crippen LogP contribution in [-0.4, -0.2) is 45.3 Å². The fourth-order valence-corrected chi connectivity index (χ4v) is 3.60. The van der Waals surface area contributed by atoms with E-state index in [0.717, 1.165) is 25.7 Å². The summed E-state index contributed by atoms with van der Waals surface area (Å²) in [5.41, 5.74) is 0.404. The highest BCUT2D eigenvalue weighted by molar-refractivity contribution is 6.43. The number of hydrogen-bond donors (Lipinski definition) is 3. The minimum Gasteiger partial charge on any atom is -0.383 e. The molecular formula is C19H27Cl2N3O3. The number of urea groups is 1. The lowest BCUT2D eigenvalue weighted by atomic mass is 9.82. The topological polar surface area (TPSA) is 79.5 Å². The van der Waals surface area contributed by atoms with Crippen molar-refractivity contribution >= 4 is 35.1 Å². The maximum absolute atomic E-state index is 12.3. The number of benzene rings is 1. The third kappa shape index (κ3) is 7.20. The van der Waals surface area contributed by atoms with Crippen LogP contribution in [0.1, 0.15) is 36.0 Å². The molecule has 2 rings (SSSR count). The van der Waals surface area contributed by atoms with Crippen molar-refractivity contribution in [3.8, 4) is 0 Å². The number of ether oxygens (including phenoxy) is 1. The van der Waals surface area contributed by atoms with Gasteiger partial charge >= 0.3 is 6.03 Å². The van der Waals surface area contributed by atoms with Crippen LogP contribution in [0.3, 0.4) is 0 Å².